The van der Waals surface area contributed by atoms with Crippen molar-refractivity contribution >= 4 is 34.6 Å². The lowest BCUT2D eigenvalue weighted by Gasteiger charge is -2.08. The Morgan fingerprint density at radius 3 is 2.33 bits per heavy atom. The van der Waals surface area contributed by atoms with Crippen LogP contribution >= 0.6 is 11.6 Å². The van der Waals surface area contributed by atoms with Gasteiger partial charge in [0.25, 0.3) is 5.91 Å². The molecule has 0 atom stereocenters. The summed E-state index contributed by atoms with van der Waals surface area (Å²) >= 11 is 5.61. The van der Waals surface area contributed by atoms with Crippen molar-refractivity contribution in [2.75, 3.05) is 12.4 Å². The second kappa shape index (κ2) is 6.87. The van der Waals surface area contributed by atoms with Gasteiger partial charge in [0.15, 0.2) is 0 Å². The third-order valence-electron chi connectivity index (χ3n) is 2.94. The summed E-state index contributed by atoms with van der Waals surface area (Å²) in [5.41, 5.74) is -2.00. The van der Waals surface area contributed by atoms with Gasteiger partial charge in [-0.3, -0.25) is 25.0 Å². The van der Waals surface area contributed by atoms with Gasteiger partial charge in [0.05, 0.1) is 22.5 Å². The maximum absolute atomic E-state index is 12.1. The average molecular weight is 353 g/mol. The Bertz CT molecular complexity index is 824. The number of carbonyl (C=O) groups excluding carboxylic acids is 1. The highest BCUT2D eigenvalue weighted by Gasteiger charge is 2.34. The molecule has 1 heterocycles. The van der Waals surface area contributed by atoms with Crippen LogP contribution < -0.4 is 10.1 Å². The van der Waals surface area contributed by atoms with Crippen LogP contribution in [0.5, 0.6) is 5.75 Å². The summed E-state index contributed by atoms with van der Waals surface area (Å²) in [7, 11) is 1.14. The summed E-state index contributed by atoms with van der Waals surface area (Å²) in [5.74, 6) is -1.03. The predicted octanol–water partition coefficient (Wildman–Crippen LogP) is 2.81. The van der Waals surface area contributed by atoms with Crippen LogP contribution in [-0.4, -0.2) is 27.8 Å². The van der Waals surface area contributed by atoms with Crippen molar-refractivity contribution in [2.45, 2.75) is 0 Å². The molecular formula is C13H9ClN4O6. The Balaban J connectivity index is 2.48. The number of pyridine rings is 1. The highest BCUT2D eigenvalue weighted by molar-refractivity contribution is 6.29. The molecular weight excluding hydrogens is 344 g/mol. The largest absolute Gasteiger partial charge is 0.490 e. The maximum atomic E-state index is 12.1. The molecule has 0 fully saturated rings. The van der Waals surface area contributed by atoms with E-state index in [0.29, 0.717) is 0 Å². The third-order valence-corrected chi connectivity index (χ3v) is 3.16. The minimum atomic E-state index is -0.962. The Hall–Kier alpha value is -3.27. The van der Waals surface area contributed by atoms with Crippen molar-refractivity contribution in [2.24, 2.45) is 0 Å². The standard InChI is InChI=1S/C13H9ClN4O6/c1-24-9-4-3-8(11(17(20)21)12(9)18(22)23)16-13(19)7-2-5-10(14)15-6-7/h2-6H,1H3,(H,16,19). The number of nitro groups is 2. The molecule has 124 valence electrons. The highest BCUT2D eigenvalue weighted by atomic mass is 35.5. The van der Waals surface area contributed by atoms with Gasteiger partial charge >= 0.3 is 11.4 Å². The summed E-state index contributed by atoms with van der Waals surface area (Å²) in [5, 5.41) is 24.8. The van der Waals surface area contributed by atoms with Gasteiger partial charge in [-0.2, -0.15) is 0 Å². The van der Waals surface area contributed by atoms with Gasteiger partial charge in [-0.1, -0.05) is 11.6 Å². The first-order valence-corrected chi connectivity index (χ1v) is 6.65. The van der Waals surface area contributed by atoms with Crippen LogP contribution in [0.15, 0.2) is 30.5 Å². The van der Waals surface area contributed by atoms with Gasteiger partial charge in [0, 0.05) is 6.20 Å². The molecule has 2 aromatic rings. The fraction of sp³-hybridized carbons (Fsp3) is 0.0769. The van der Waals surface area contributed by atoms with Gasteiger partial charge in [-0.15, -0.1) is 0 Å². The van der Waals surface area contributed by atoms with Crippen molar-refractivity contribution in [1.29, 1.82) is 0 Å². The van der Waals surface area contributed by atoms with E-state index in [4.69, 9.17) is 16.3 Å². The Labute approximate surface area is 139 Å². The quantitative estimate of drug-likeness (QED) is 0.496. The van der Waals surface area contributed by atoms with Gasteiger partial charge in [0.1, 0.15) is 10.8 Å². The minimum Gasteiger partial charge on any atom is -0.490 e. The number of nitrogens with one attached hydrogen (secondary N) is 1. The number of nitro benzene ring substituents is 2. The molecule has 0 spiro atoms. The first-order chi connectivity index (χ1) is 11.3. The average Bonchev–Trinajstić information content (AvgIpc) is 2.54. The fourth-order valence-corrected chi connectivity index (χ4v) is 2.00. The van der Waals surface area contributed by atoms with E-state index in [-0.39, 0.29) is 22.2 Å². The van der Waals surface area contributed by atoms with Crippen molar-refractivity contribution in [3.05, 3.63) is 61.4 Å². The van der Waals surface area contributed by atoms with Gasteiger partial charge in [-0.05, 0) is 24.3 Å². The molecule has 0 unspecified atom stereocenters. The van der Waals surface area contributed by atoms with E-state index in [1.807, 2.05) is 0 Å². The molecule has 0 aliphatic carbocycles. The molecule has 2 rings (SSSR count). The highest BCUT2D eigenvalue weighted by Crippen LogP contribution is 2.41. The normalized spacial score (nSPS) is 10.1. The number of nitrogens with zero attached hydrogens (tertiary/aromatic N) is 3. The molecule has 0 aliphatic rings. The van der Waals surface area contributed by atoms with Crippen LogP contribution in [0.1, 0.15) is 10.4 Å². The predicted molar refractivity (Wildman–Crippen MR) is 83.5 cm³/mol. The van der Waals surface area contributed by atoms with E-state index in [1.165, 1.54) is 18.3 Å². The number of carbonyl (C=O) groups is 1. The molecule has 1 aromatic heterocycles. The molecule has 24 heavy (non-hydrogen) atoms. The summed E-state index contributed by atoms with van der Waals surface area (Å²) < 4.78 is 4.77. The van der Waals surface area contributed by atoms with E-state index in [1.54, 1.807) is 0 Å². The van der Waals surface area contributed by atoms with Gasteiger partial charge in [-0.25, -0.2) is 4.98 Å². The summed E-state index contributed by atoms with van der Waals surface area (Å²) in [6.45, 7) is 0. The van der Waals surface area contributed by atoms with E-state index >= 15 is 0 Å². The van der Waals surface area contributed by atoms with Crippen molar-refractivity contribution < 1.29 is 19.4 Å². The van der Waals surface area contributed by atoms with Crippen LogP contribution in [0.2, 0.25) is 5.15 Å². The molecule has 0 aliphatic heterocycles. The zero-order valence-corrected chi connectivity index (χ0v) is 12.8. The third kappa shape index (κ3) is 3.38. The zero-order valence-electron chi connectivity index (χ0n) is 12.1. The lowest BCUT2D eigenvalue weighted by atomic mass is 10.2. The van der Waals surface area contributed by atoms with E-state index in [2.05, 4.69) is 10.3 Å². The molecule has 1 N–H and O–H groups in total. The van der Waals surface area contributed by atoms with Crippen LogP contribution in [0.25, 0.3) is 0 Å². The monoisotopic (exact) mass is 352 g/mol. The number of hydrogen-bond acceptors (Lipinski definition) is 7. The zero-order chi connectivity index (χ0) is 17.9. The van der Waals surface area contributed by atoms with Crippen LogP contribution in [-0.2, 0) is 0 Å². The van der Waals surface area contributed by atoms with Crippen molar-refractivity contribution in [3.63, 3.8) is 0 Å². The number of benzene rings is 1. The minimum absolute atomic E-state index is 0.0761. The number of hydrogen-bond donors (Lipinski definition) is 1. The molecule has 11 heteroatoms. The number of amides is 1. The van der Waals surface area contributed by atoms with E-state index < -0.39 is 27.1 Å². The molecule has 0 radical (unpaired) electrons. The Morgan fingerprint density at radius 2 is 1.83 bits per heavy atom. The second-order valence-electron chi connectivity index (χ2n) is 4.35. The molecule has 1 amide bonds. The fourth-order valence-electron chi connectivity index (χ4n) is 1.89. The van der Waals surface area contributed by atoms with Crippen molar-refractivity contribution in [3.8, 4) is 5.75 Å². The number of rotatable bonds is 5. The van der Waals surface area contributed by atoms with E-state index in [0.717, 1.165) is 19.2 Å². The van der Waals surface area contributed by atoms with Crippen LogP contribution in [0, 0.1) is 20.2 Å². The summed E-state index contributed by atoms with van der Waals surface area (Å²) in [6, 6.07) is 5.02. The van der Waals surface area contributed by atoms with Crippen LogP contribution in [0.3, 0.4) is 0 Å². The summed E-state index contributed by atoms with van der Waals surface area (Å²) in [6.07, 6.45) is 1.17. The number of aromatic nitrogens is 1. The number of ether oxygens (including phenoxy) is 1. The Kier molecular flexibility index (Phi) is 4.90. The Morgan fingerprint density at radius 1 is 1.17 bits per heavy atom. The maximum Gasteiger partial charge on any atom is 0.389 e. The molecule has 0 saturated carbocycles. The van der Waals surface area contributed by atoms with E-state index in [9.17, 15) is 25.0 Å². The smallest absolute Gasteiger partial charge is 0.389 e. The lowest BCUT2D eigenvalue weighted by Crippen LogP contribution is -2.14. The molecule has 0 saturated heterocycles. The first kappa shape index (κ1) is 17.1. The molecule has 1 aromatic carbocycles. The number of methoxy groups -OCH3 is 1. The van der Waals surface area contributed by atoms with Crippen LogP contribution in [0.4, 0.5) is 17.1 Å². The lowest BCUT2D eigenvalue weighted by molar-refractivity contribution is -0.422. The number of halogens is 1. The molecule has 0 bridgehead atoms. The topological polar surface area (TPSA) is 138 Å². The van der Waals surface area contributed by atoms with Crippen molar-refractivity contribution in [1.82, 2.24) is 4.98 Å². The van der Waals surface area contributed by atoms with Gasteiger partial charge in [0.2, 0.25) is 5.75 Å². The first-order valence-electron chi connectivity index (χ1n) is 6.27. The SMILES string of the molecule is COc1ccc(NC(=O)c2ccc(Cl)nc2)c([N+](=O)[O-])c1[N+](=O)[O-]. The van der Waals surface area contributed by atoms with Gasteiger partial charge < -0.3 is 10.1 Å². The number of anilines is 1. The molecule has 10 nitrogen and oxygen atoms in total. The summed E-state index contributed by atoms with van der Waals surface area (Å²) in [4.78, 5) is 36.3. The second-order valence-corrected chi connectivity index (χ2v) is 4.74.